The van der Waals surface area contributed by atoms with E-state index >= 15 is 0 Å². The van der Waals surface area contributed by atoms with Gasteiger partial charge in [0.2, 0.25) is 0 Å². The third-order valence-corrected chi connectivity index (χ3v) is 5.23. The van der Waals surface area contributed by atoms with Gasteiger partial charge in [-0.1, -0.05) is 6.07 Å². The number of nitrogens with zero attached hydrogens (tertiary/aromatic N) is 2. The highest BCUT2D eigenvalue weighted by Gasteiger charge is 2.17. The van der Waals surface area contributed by atoms with Gasteiger partial charge in [0.05, 0.1) is 29.8 Å². The van der Waals surface area contributed by atoms with Gasteiger partial charge in [0.1, 0.15) is 11.4 Å². The summed E-state index contributed by atoms with van der Waals surface area (Å²) in [6.07, 6.45) is 2.42. The van der Waals surface area contributed by atoms with E-state index in [0.29, 0.717) is 18.7 Å². The van der Waals surface area contributed by atoms with E-state index in [9.17, 15) is 4.79 Å². The molecule has 0 aliphatic carbocycles. The van der Waals surface area contributed by atoms with Crippen LogP contribution >= 0.6 is 11.3 Å². The Balaban J connectivity index is 1.78. The molecule has 0 unspecified atom stereocenters. The fourth-order valence-electron chi connectivity index (χ4n) is 3.17. The van der Waals surface area contributed by atoms with Gasteiger partial charge in [0.15, 0.2) is 0 Å². The smallest absolute Gasteiger partial charge is 0.356 e. The number of carbonyl (C=O) groups excluding carboxylic acids is 1. The van der Waals surface area contributed by atoms with Gasteiger partial charge in [-0.05, 0) is 36.8 Å². The number of aromatic nitrogens is 3. The van der Waals surface area contributed by atoms with Crippen LogP contribution in [0.3, 0.4) is 0 Å². The number of aromatic amines is 1. The lowest BCUT2D eigenvalue weighted by Gasteiger charge is -2.06. The first-order valence-corrected chi connectivity index (χ1v) is 9.78. The number of fused-ring (bicyclic) bond motifs is 1. The van der Waals surface area contributed by atoms with Gasteiger partial charge in [0, 0.05) is 35.3 Å². The summed E-state index contributed by atoms with van der Waals surface area (Å²) in [5, 5.41) is 1.09. The average Bonchev–Trinajstić information content (AvgIpc) is 3.36. The van der Waals surface area contributed by atoms with Crippen LogP contribution in [0.5, 0.6) is 5.75 Å². The minimum absolute atomic E-state index is 0.320. The number of pyridine rings is 1. The standard InChI is InChI=1S/C21H19N3O3S/c1-3-27-21(25)17-6-4-5-13(23-17)9-16-15-8-7-14(26-2)10-18(15)24-20(16)19-11-22-12-28-19/h4-8,10-12,24H,3,9H2,1-2H3. The number of H-pyrrole nitrogens is 1. The maximum Gasteiger partial charge on any atom is 0.356 e. The monoisotopic (exact) mass is 393 g/mol. The van der Waals surface area contributed by atoms with Crippen molar-refractivity contribution in [1.29, 1.82) is 0 Å². The van der Waals surface area contributed by atoms with E-state index in [1.165, 1.54) is 0 Å². The second-order valence-corrected chi connectivity index (χ2v) is 7.05. The summed E-state index contributed by atoms with van der Waals surface area (Å²) >= 11 is 1.57. The molecular weight excluding hydrogens is 374 g/mol. The number of thiazole rings is 1. The van der Waals surface area contributed by atoms with Crippen molar-refractivity contribution in [3.8, 4) is 16.3 Å². The van der Waals surface area contributed by atoms with Crippen LogP contribution < -0.4 is 4.74 Å². The Morgan fingerprint density at radius 3 is 2.89 bits per heavy atom. The lowest BCUT2D eigenvalue weighted by molar-refractivity contribution is 0.0519. The third-order valence-electron chi connectivity index (χ3n) is 4.44. The fourth-order valence-corrected chi connectivity index (χ4v) is 3.82. The number of esters is 1. The van der Waals surface area contributed by atoms with Crippen LogP contribution in [0.1, 0.15) is 28.7 Å². The molecule has 4 aromatic rings. The quantitative estimate of drug-likeness (QED) is 0.489. The normalized spacial score (nSPS) is 10.9. The van der Waals surface area contributed by atoms with E-state index in [4.69, 9.17) is 9.47 Å². The Bertz CT molecular complexity index is 1120. The topological polar surface area (TPSA) is 77.1 Å². The van der Waals surface area contributed by atoms with Crippen molar-refractivity contribution in [2.24, 2.45) is 0 Å². The summed E-state index contributed by atoms with van der Waals surface area (Å²) in [7, 11) is 1.65. The van der Waals surface area contributed by atoms with Crippen molar-refractivity contribution in [2.45, 2.75) is 13.3 Å². The first-order chi connectivity index (χ1) is 13.7. The van der Waals surface area contributed by atoms with Crippen LogP contribution in [0.4, 0.5) is 0 Å². The highest BCUT2D eigenvalue weighted by atomic mass is 32.1. The zero-order valence-electron chi connectivity index (χ0n) is 15.6. The molecule has 3 heterocycles. The number of ether oxygens (including phenoxy) is 2. The average molecular weight is 393 g/mol. The molecule has 28 heavy (non-hydrogen) atoms. The molecule has 0 aliphatic rings. The highest BCUT2D eigenvalue weighted by Crippen LogP contribution is 2.35. The second-order valence-electron chi connectivity index (χ2n) is 6.17. The molecule has 0 saturated heterocycles. The number of rotatable bonds is 6. The Hall–Kier alpha value is -3.19. The van der Waals surface area contributed by atoms with E-state index in [-0.39, 0.29) is 0 Å². The molecule has 1 N–H and O–H groups in total. The van der Waals surface area contributed by atoms with E-state index in [0.717, 1.165) is 38.5 Å². The molecule has 7 heteroatoms. The maximum atomic E-state index is 12.0. The molecule has 0 radical (unpaired) electrons. The zero-order chi connectivity index (χ0) is 19.5. The summed E-state index contributed by atoms with van der Waals surface area (Å²) in [5.74, 6) is 0.384. The van der Waals surface area contributed by atoms with E-state index in [1.807, 2.05) is 42.0 Å². The van der Waals surface area contributed by atoms with Crippen LogP contribution in [0.2, 0.25) is 0 Å². The first kappa shape index (κ1) is 18.2. The largest absolute Gasteiger partial charge is 0.497 e. The number of hydrogen-bond donors (Lipinski definition) is 1. The Morgan fingerprint density at radius 2 is 2.14 bits per heavy atom. The van der Waals surface area contributed by atoms with Crippen LogP contribution in [-0.2, 0) is 11.2 Å². The van der Waals surface area contributed by atoms with Crippen molar-refractivity contribution in [1.82, 2.24) is 15.0 Å². The summed E-state index contributed by atoms with van der Waals surface area (Å²) in [6, 6.07) is 11.4. The Kier molecular flexibility index (Phi) is 5.08. The number of carbonyl (C=O) groups is 1. The Labute approximate surface area is 166 Å². The van der Waals surface area contributed by atoms with Gasteiger partial charge in [-0.15, -0.1) is 11.3 Å². The minimum atomic E-state index is -0.407. The number of benzene rings is 1. The SMILES string of the molecule is CCOC(=O)c1cccc(Cc2c(-c3cncs3)[nH]c3cc(OC)ccc23)n1. The predicted octanol–water partition coefficient (Wildman–Crippen LogP) is 4.46. The van der Waals surface area contributed by atoms with Gasteiger partial charge in [-0.3, -0.25) is 4.98 Å². The molecule has 3 aromatic heterocycles. The van der Waals surface area contributed by atoms with Gasteiger partial charge in [0.25, 0.3) is 0 Å². The summed E-state index contributed by atoms with van der Waals surface area (Å²) in [5.41, 5.74) is 6.03. The predicted molar refractivity (Wildman–Crippen MR) is 109 cm³/mol. The van der Waals surface area contributed by atoms with Crippen molar-refractivity contribution < 1.29 is 14.3 Å². The zero-order valence-corrected chi connectivity index (χ0v) is 16.4. The second kappa shape index (κ2) is 7.82. The molecular formula is C21H19N3O3S. The molecule has 0 fully saturated rings. The van der Waals surface area contributed by atoms with E-state index in [1.54, 1.807) is 31.4 Å². The molecule has 0 aliphatic heterocycles. The van der Waals surface area contributed by atoms with Gasteiger partial charge in [-0.2, -0.15) is 0 Å². The third kappa shape index (κ3) is 3.48. The van der Waals surface area contributed by atoms with Gasteiger partial charge in [-0.25, -0.2) is 9.78 Å². The molecule has 0 spiro atoms. The molecule has 6 nitrogen and oxygen atoms in total. The Morgan fingerprint density at radius 1 is 1.25 bits per heavy atom. The van der Waals surface area contributed by atoms with Gasteiger partial charge < -0.3 is 14.5 Å². The summed E-state index contributed by atoms with van der Waals surface area (Å²) in [6.45, 7) is 2.11. The molecule has 142 valence electrons. The lowest BCUT2D eigenvalue weighted by Crippen LogP contribution is -2.08. The number of methoxy groups -OCH3 is 1. The summed E-state index contributed by atoms with van der Waals surface area (Å²) < 4.78 is 10.4. The first-order valence-electron chi connectivity index (χ1n) is 8.90. The lowest BCUT2D eigenvalue weighted by atomic mass is 10.0. The number of nitrogens with one attached hydrogen (secondary N) is 1. The highest BCUT2D eigenvalue weighted by molar-refractivity contribution is 7.13. The van der Waals surface area contributed by atoms with Crippen LogP contribution in [0.25, 0.3) is 21.5 Å². The van der Waals surface area contributed by atoms with Gasteiger partial charge >= 0.3 is 5.97 Å². The van der Waals surface area contributed by atoms with Crippen LogP contribution in [0, 0.1) is 0 Å². The molecule has 1 aromatic carbocycles. The van der Waals surface area contributed by atoms with Crippen molar-refractivity contribution in [3.05, 3.63) is 65.1 Å². The maximum absolute atomic E-state index is 12.0. The van der Waals surface area contributed by atoms with Crippen LogP contribution in [0.15, 0.2) is 48.1 Å². The fraction of sp³-hybridized carbons (Fsp3) is 0.190. The molecule has 0 saturated carbocycles. The van der Waals surface area contributed by atoms with E-state index < -0.39 is 5.97 Å². The molecule has 0 amide bonds. The number of hydrogen-bond acceptors (Lipinski definition) is 6. The van der Waals surface area contributed by atoms with Crippen LogP contribution in [-0.4, -0.2) is 34.6 Å². The van der Waals surface area contributed by atoms with Crippen molar-refractivity contribution in [3.63, 3.8) is 0 Å². The summed E-state index contributed by atoms with van der Waals surface area (Å²) in [4.78, 5) is 25.3. The van der Waals surface area contributed by atoms with Crippen molar-refractivity contribution in [2.75, 3.05) is 13.7 Å². The van der Waals surface area contributed by atoms with Crippen molar-refractivity contribution >= 4 is 28.2 Å². The molecule has 4 rings (SSSR count). The minimum Gasteiger partial charge on any atom is -0.497 e. The van der Waals surface area contributed by atoms with E-state index in [2.05, 4.69) is 15.0 Å². The molecule has 0 bridgehead atoms. The molecule has 0 atom stereocenters.